The quantitative estimate of drug-likeness (QED) is 0.874. The maximum atomic E-state index is 6.18. The Hall–Kier alpha value is -1.51. The molecule has 0 radical (unpaired) electrons. The van der Waals surface area contributed by atoms with Crippen LogP contribution in [0.4, 0.5) is 0 Å². The van der Waals surface area contributed by atoms with Crippen molar-refractivity contribution in [3.63, 3.8) is 0 Å². The summed E-state index contributed by atoms with van der Waals surface area (Å²) in [6, 6.07) is 14.8. The average molecular weight is 290 g/mol. The number of rotatable bonds is 5. The highest BCUT2D eigenvalue weighted by molar-refractivity contribution is 6.32. The minimum absolute atomic E-state index is 0.481. The van der Waals surface area contributed by atoms with Crippen molar-refractivity contribution in [3.8, 4) is 16.9 Å². The molecule has 2 nitrogen and oxygen atoms in total. The van der Waals surface area contributed by atoms with Gasteiger partial charge in [0.15, 0.2) is 0 Å². The highest BCUT2D eigenvalue weighted by Crippen LogP contribution is 2.30. The maximum Gasteiger partial charge on any atom is 0.137 e. The Morgan fingerprint density at radius 1 is 1.10 bits per heavy atom. The summed E-state index contributed by atoms with van der Waals surface area (Å²) in [5.41, 5.74) is 3.53. The van der Waals surface area contributed by atoms with Crippen molar-refractivity contribution in [2.75, 3.05) is 7.11 Å². The van der Waals surface area contributed by atoms with Crippen LogP contribution in [0.5, 0.6) is 5.75 Å². The van der Waals surface area contributed by atoms with Crippen LogP contribution in [0.1, 0.15) is 19.4 Å². The number of methoxy groups -OCH3 is 1. The zero-order chi connectivity index (χ0) is 14.5. The Labute approximate surface area is 125 Å². The van der Waals surface area contributed by atoms with Crippen molar-refractivity contribution in [3.05, 3.63) is 53.1 Å². The molecule has 0 atom stereocenters. The molecule has 0 aliphatic rings. The molecule has 0 aliphatic carbocycles. The van der Waals surface area contributed by atoms with Crippen LogP contribution in [0.25, 0.3) is 11.1 Å². The lowest BCUT2D eigenvalue weighted by Crippen LogP contribution is -2.21. The molecule has 0 heterocycles. The van der Waals surface area contributed by atoms with Gasteiger partial charge < -0.3 is 10.1 Å². The molecule has 0 bridgehead atoms. The fraction of sp³-hybridized carbons (Fsp3) is 0.294. The first-order valence-electron chi connectivity index (χ1n) is 6.76. The lowest BCUT2D eigenvalue weighted by Gasteiger charge is -2.10. The summed E-state index contributed by atoms with van der Waals surface area (Å²) in [6.07, 6.45) is 0. The van der Waals surface area contributed by atoms with Gasteiger partial charge in [0.1, 0.15) is 5.75 Å². The highest BCUT2D eigenvalue weighted by Gasteiger charge is 2.05. The van der Waals surface area contributed by atoms with Crippen LogP contribution >= 0.6 is 11.6 Å². The van der Waals surface area contributed by atoms with E-state index < -0.39 is 0 Å². The Balaban J connectivity index is 2.24. The third kappa shape index (κ3) is 3.75. The molecule has 0 saturated heterocycles. The van der Waals surface area contributed by atoms with Gasteiger partial charge in [0.05, 0.1) is 12.1 Å². The van der Waals surface area contributed by atoms with E-state index in [4.69, 9.17) is 16.3 Å². The monoisotopic (exact) mass is 289 g/mol. The molecule has 106 valence electrons. The molecule has 0 unspecified atom stereocenters. The summed E-state index contributed by atoms with van der Waals surface area (Å²) in [4.78, 5) is 0. The van der Waals surface area contributed by atoms with Gasteiger partial charge in [-0.2, -0.15) is 0 Å². The summed E-state index contributed by atoms with van der Waals surface area (Å²) in [5, 5.41) is 4.06. The van der Waals surface area contributed by atoms with E-state index in [1.165, 1.54) is 5.56 Å². The average Bonchev–Trinajstić information content (AvgIpc) is 2.45. The Morgan fingerprint density at radius 3 is 2.50 bits per heavy atom. The second-order valence-electron chi connectivity index (χ2n) is 5.09. The standard InChI is InChI=1S/C17H20ClNO/c1-12(2)19-11-13-5-4-6-14(9-13)15-7-8-17(20-3)16(18)10-15/h4-10,12,19H,11H2,1-3H3. The van der Waals surface area contributed by atoms with Crippen molar-refractivity contribution in [1.29, 1.82) is 0 Å². The topological polar surface area (TPSA) is 21.3 Å². The minimum Gasteiger partial charge on any atom is -0.495 e. The summed E-state index contributed by atoms with van der Waals surface area (Å²) in [5.74, 6) is 0.702. The highest BCUT2D eigenvalue weighted by atomic mass is 35.5. The van der Waals surface area contributed by atoms with Crippen LogP contribution in [0.3, 0.4) is 0 Å². The second-order valence-corrected chi connectivity index (χ2v) is 5.49. The number of benzene rings is 2. The summed E-state index contributed by atoms with van der Waals surface area (Å²) >= 11 is 6.18. The van der Waals surface area contributed by atoms with Gasteiger partial charge in [-0.05, 0) is 34.9 Å². The van der Waals surface area contributed by atoms with E-state index in [1.54, 1.807) is 7.11 Å². The van der Waals surface area contributed by atoms with Crippen LogP contribution in [0.15, 0.2) is 42.5 Å². The van der Waals surface area contributed by atoms with Crippen LogP contribution in [0.2, 0.25) is 5.02 Å². The number of halogens is 1. The molecule has 0 aromatic heterocycles. The van der Waals surface area contributed by atoms with E-state index in [9.17, 15) is 0 Å². The van der Waals surface area contributed by atoms with E-state index in [0.717, 1.165) is 17.7 Å². The molecule has 0 fully saturated rings. The van der Waals surface area contributed by atoms with Crippen molar-refractivity contribution < 1.29 is 4.74 Å². The first-order chi connectivity index (χ1) is 9.60. The molecule has 1 N–H and O–H groups in total. The van der Waals surface area contributed by atoms with E-state index in [-0.39, 0.29) is 0 Å². The lowest BCUT2D eigenvalue weighted by atomic mass is 10.0. The van der Waals surface area contributed by atoms with E-state index in [1.807, 2.05) is 18.2 Å². The number of hydrogen-bond acceptors (Lipinski definition) is 2. The third-order valence-electron chi connectivity index (χ3n) is 3.13. The van der Waals surface area contributed by atoms with Gasteiger partial charge in [-0.15, -0.1) is 0 Å². The van der Waals surface area contributed by atoms with Gasteiger partial charge in [-0.25, -0.2) is 0 Å². The summed E-state index contributed by atoms with van der Waals surface area (Å²) < 4.78 is 5.18. The predicted octanol–water partition coefficient (Wildman–Crippen LogP) is 4.51. The molecule has 0 aliphatic heterocycles. The Kier molecular flexibility index (Phi) is 5.05. The van der Waals surface area contributed by atoms with Gasteiger partial charge in [0, 0.05) is 12.6 Å². The van der Waals surface area contributed by atoms with Crippen molar-refractivity contribution in [2.24, 2.45) is 0 Å². The van der Waals surface area contributed by atoms with Gasteiger partial charge in [0.2, 0.25) is 0 Å². The minimum atomic E-state index is 0.481. The van der Waals surface area contributed by atoms with Crippen LogP contribution in [-0.2, 0) is 6.54 Å². The van der Waals surface area contributed by atoms with Crippen molar-refractivity contribution in [2.45, 2.75) is 26.4 Å². The molecule has 0 amide bonds. The third-order valence-corrected chi connectivity index (χ3v) is 3.42. The SMILES string of the molecule is COc1ccc(-c2cccc(CNC(C)C)c2)cc1Cl. The summed E-state index contributed by atoms with van der Waals surface area (Å²) in [6.45, 7) is 5.16. The molecular formula is C17H20ClNO. The van der Waals surface area contributed by atoms with Crippen molar-refractivity contribution >= 4 is 11.6 Å². The second kappa shape index (κ2) is 6.78. The molecule has 3 heteroatoms. The molecule has 20 heavy (non-hydrogen) atoms. The molecule has 0 spiro atoms. The van der Waals surface area contributed by atoms with Gasteiger partial charge in [-0.3, -0.25) is 0 Å². The fourth-order valence-corrected chi connectivity index (χ4v) is 2.29. The molecule has 2 aromatic rings. The molecule has 2 rings (SSSR count). The van der Waals surface area contributed by atoms with Gasteiger partial charge in [0.25, 0.3) is 0 Å². The van der Waals surface area contributed by atoms with Crippen molar-refractivity contribution in [1.82, 2.24) is 5.32 Å². The zero-order valence-corrected chi connectivity index (χ0v) is 12.9. The normalized spacial score (nSPS) is 10.8. The smallest absolute Gasteiger partial charge is 0.137 e. The maximum absolute atomic E-state index is 6.18. The first-order valence-corrected chi connectivity index (χ1v) is 7.14. The van der Waals surface area contributed by atoms with Crippen LogP contribution < -0.4 is 10.1 Å². The zero-order valence-electron chi connectivity index (χ0n) is 12.1. The molecule has 2 aromatic carbocycles. The lowest BCUT2D eigenvalue weighted by molar-refractivity contribution is 0.415. The fourth-order valence-electron chi connectivity index (χ4n) is 2.03. The van der Waals surface area contributed by atoms with E-state index >= 15 is 0 Å². The van der Waals surface area contributed by atoms with Gasteiger partial charge in [-0.1, -0.05) is 49.7 Å². The van der Waals surface area contributed by atoms with Crippen LogP contribution in [0, 0.1) is 0 Å². The summed E-state index contributed by atoms with van der Waals surface area (Å²) in [7, 11) is 1.62. The molecular weight excluding hydrogens is 270 g/mol. The van der Waals surface area contributed by atoms with Crippen LogP contribution in [-0.4, -0.2) is 13.2 Å². The first kappa shape index (κ1) is 14.9. The Bertz CT molecular complexity index is 581. The largest absolute Gasteiger partial charge is 0.495 e. The number of hydrogen-bond donors (Lipinski definition) is 1. The number of ether oxygens (including phenoxy) is 1. The Morgan fingerprint density at radius 2 is 1.85 bits per heavy atom. The van der Waals surface area contributed by atoms with E-state index in [0.29, 0.717) is 16.8 Å². The number of nitrogens with one attached hydrogen (secondary N) is 1. The van der Waals surface area contributed by atoms with Gasteiger partial charge >= 0.3 is 0 Å². The molecule has 0 saturated carbocycles. The predicted molar refractivity (Wildman–Crippen MR) is 85.4 cm³/mol. The van der Waals surface area contributed by atoms with E-state index in [2.05, 4.69) is 43.4 Å².